The van der Waals surface area contributed by atoms with Gasteiger partial charge in [0.15, 0.2) is 0 Å². The molecule has 2 aromatic rings. The van der Waals surface area contributed by atoms with Gasteiger partial charge in [-0.3, -0.25) is 4.90 Å². The molecule has 3 rings (SSSR count). The van der Waals surface area contributed by atoms with Crippen LogP contribution >= 0.6 is 0 Å². The van der Waals surface area contributed by atoms with E-state index in [9.17, 15) is 0 Å². The van der Waals surface area contributed by atoms with E-state index in [1.54, 1.807) is 0 Å². The highest BCUT2D eigenvalue weighted by molar-refractivity contribution is 5.59. The molecule has 1 atom stereocenters. The van der Waals surface area contributed by atoms with E-state index >= 15 is 0 Å². The Balaban J connectivity index is 1.65. The summed E-state index contributed by atoms with van der Waals surface area (Å²) in [5, 5.41) is 6.80. The Morgan fingerprint density at radius 1 is 1.08 bits per heavy atom. The topological polar surface area (TPSA) is 56.3 Å². The molecule has 0 unspecified atom stereocenters. The van der Waals surface area contributed by atoms with Crippen LogP contribution in [0.3, 0.4) is 0 Å². The molecule has 1 aromatic heterocycles. The highest BCUT2D eigenvalue weighted by Crippen LogP contribution is 2.17. The first-order valence-corrected chi connectivity index (χ1v) is 8.40. The van der Waals surface area contributed by atoms with Crippen molar-refractivity contribution in [2.24, 2.45) is 0 Å². The van der Waals surface area contributed by atoms with Crippen molar-refractivity contribution in [1.29, 1.82) is 0 Å². The molecular formula is C18H26N6. The van der Waals surface area contributed by atoms with Crippen LogP contribution in [0.15, 0.2) is 36.4 Å². The van der Waals surface area contributed by atoms with E-state index < -0.39 is 0 Å². The highest BCUT2D eigenvalue weighted by Gasteiger charge is 2.21. The van der Waals surface area contributed by atoms with Crippen molar-refractivity contribution in [2.75, 3.05) is 50.9 Å². The van der Waals surface area contributed by atoms with E-state index in [4.69, 9.17) is 0 Å². The van der Waals surface area contributed by atoms with Gasteiger partial charge in [0.05, 0.1) is 0 Å². The highest BCUT2D eigenvalue weighted by atomic mass is 15.3. The monoisotopic (exact) mass is 326 g/mol. The zero-order valence-electron chi connectivity index (χ0n) is 14.7. The molecule has 0 spiro atoms. The number of nitrogens with zero attached hydrogens (tertiary/aromatic N) is 4. The number of anilines is 3. The summed E-state index contributed by atoms with van der Waals surface area (Å²) in [6.45, 7) is 6.10. The number of piperazine rings is 1. The normalized spacial score (nSPS) is 19.2. The maximum atomic E-state index is 4.51. The predicted octanol–water partition coefficient (Wildman–Crippen LogP) is 2.19. The number of rotatable bonds is 5. The van der Waals surface area contributed by atoms with Gasteiger partial charge in [0.25, 0.3) is 0 Å². The van der Waals surface area contributed by atoms with Crippen LogP contribution in [0.25, 0.3) is 0 Å². The fraction of sp³-hybridized carbons (Fsp3) is 0.444. The van der Waals surface area contributed by atoms with Crippen molar-refractivity contribution < 1.29 is 0 Å². The SMILES string of the molecule is Cc1nc(NC[C@H]2CN(C)CCN2C)cc(Nc2ccccc2)n1. The maximum Gasteiger partial charge on any atom is 0.136 e. The molecule has 24 heavy (non-hydrogen) atoms. The number of para-hydroxylation sites is 1. The molecule has 2 N–H and O–H groups in total. The molecule has 6 nitrogen and oxygen atoms in total. The largest absolute Gasteiger partial charge is 0.368 e. The molecule has 0 aliphatic carbocycles. The van der Waals surface area contributed by atoms with Gasteiger partial charge in [-0.15, -0.1) is 0 Å². The lowest BCUT2D eigenvalue weighted by Gasteiger charge is -2.37. The van der Waals surface area contributed by atoms with Gasteiger partial charge in [-0.05, 0) is 33.2 Å². The minimum Gasteiger partial charge on any atom is -0.368 e. The quantitative estimate of drug-likeness (QED) is 0.878. The lowest BCUT2D eigenvalue weighted by Crippen LogP contribution is -2.52. The molecule has 6 heteroatoms. The average molecular weight is 326 g/mol. The molecule has 0 amide bonds. The molecule has 2 heterocycles. The number of aromatic nitrogens is 2. The summed E-state index contributed by atoms with van der Waals surface area (Å²) in [6.07, 6.45) is 0. The number of hydrogen-bond acceptors (Lipinski definition) is 6. The summed E-state index contributed by atoms with van der Waals surface area (Å²) in [4.78, 5) is 13.8. The second-order valence-electron chi connectivity index (χ2n) is 6.45. The number of nitrogens with one attached hydrogen (secondary N) is 2. The van der Waals surface area contributed by atoms with E-state index in [0.29, 0.717) is 6.04 Å². The van der Waals surface area contributed by atoms with Crippen molar-refractivity contribution in [1.82, 2.24) is 19.8 Å². The van der Waals surface area contributed by atoms with Gasteiger partial charge in [-0.1, -0.05) is 18.2 Å². The summed E-state index contributed by atoms with van der Waals surface area (Å²) in [6, 6.07) is 12.5. The Morgan fingerprint density at radius 3 is 2.62 bits per heavy atom. The predicted molar refractivity (Wildman–Crippen MR) is 98.9 cm³/mol. The summed E-state index contributed by atoms with van der Waals surface area (Å²) in [7, 11) is 4.36. The zero-order chi connectivity index (χ0) is 16.9. The van der Waals surface area contributed by atoms with Gasteiger partial charge < -0.3 is 15.5 Å². The third-order valence-corrected chi connectivity index (χ3v) is 4.38. The van der Waals surface area contributed by atoms with Gasteiger partial charge in [0.1, 0.15) is 17.5 Å². The van der Waals surface area contributed by atoms with Gasteiger partial charge in [0.2, 0.25) is 0 Å². The van der Waals surface area contributed by atoms with E-state index in [-0.39, 0.29) is 0 Å². The molecule has 1 fully saturated rings. The molecule has 1 aromatic carbocycles. The molecule has 128 valence electrons. The lowest BCUT2D eigenvalue weighted by molar-refractivity contribution is 0.122. The Bertz CT molecular complexity index is 660. The first-order valence-electron chi connectivity index (χ1n) is 8.40. The van der Waals surface area contributed by atoms with E-state index in [2.05, 4.69) is 44.5 Å². The lowest BCUT2D eigenvalue weighted by atomic mass is 10.2. The molecule has 0 saturated carbocycles. The number of aryl methyl sites for hydroxylation is 1. The van der Waals surface area contributed by atoms with Crippen molar-refractivity contribution in [2.45, 2.75) is 13.0 Å². The van der Waals surface area contributed by atoms with E-state index in [0.717, 1.165) is 49.3 Å². The van der Waals surface area contributed by atoms with Gasteiger partial charge in [-0.2, -0.15) is 0 Å². The molecule has 1 aliphatic heterocycles. The Morgan fingerprint density at radius 2 is 1.83 bits per heavy atom. The Labute approximate surface area is 143 Å². The molecule has 0 bridgehead atoms. The molecular weight excluding hydrogens is 300 g/mol. The second-order valence-corrected chi connectivity index (χ2v) is 6.45. The molecule has 1 aliphatic rings. The number of benzene rings is 1. The molecule has 0 radical (unpaired) electrons. The van der Waals surface area contributed by atoms with E-state index in [1.807, 2.05) is 43.3 Å². The third-order valence-electron chi connectivity index (χ3n) is 4.38. The van der Waals surface area contributed by atoms with Crippen molar-refractivity contribution >= 4 is 17.3 Å². The van der Waals surface area contributed by atoms with Crippen LogP contribution in [0.1, 0.15) is 5.82 Å². The van der Waals surface area contributed by atoms with Gasteiger partial charge >= 0.3 is 0 Å². The zero-order valence-corrected chi connectivity index (χ0v) is 14.7. The Kier molecular flexibility index (Phi) is 5.27. The summed E-state index contributed by atoms with van der Waals surface area (Å²) in [5.41, 5.74) is 1.02. The van der Waals surface area contributed by atoms with Crippen molar-refractivity contribution in [3.05, 3.63) is 42.2 Å². The van der Waals surface area contributed by atoms with Crippen LogP contribution in [-0.4, -0.2) is 66.1 Å². The van der Waals surface area contributed by atoms with Crippen LogP contribution in [0.4, 0.5) is 17.3 Å². The average Bonchev–Trinajstić information content (AvgIpc) is 2.56. The third kappa shape index (κ3) is 4.43. The summed E-state index contributed by atoms with van der Waals surface area (Å²) in [5.74, 6) is 2.43. The fourth-order valence-corrected chi connectivity index (χ4v) is 2.94. The number of likely N-dealkylation sites (N-methyl/N-ethyl adjacent to an activating group) is 2. The first kappa shape index (κ1) is 16.7. The standard InChI is InChI=1S/C18H26N6/c1-14-20-17(19-12-16-13-23(2)9-10-24(16)3)11-18(21-14)22-15-7-5-4-6-8-15/h4-8,11,16H,9-10,12-13H2,1-3H3,(H2,19,20,21,22)/t16-/m0/s1. The van der Waals surface area contributed by atoms with Crippen molar-refractivity contribution in [3.8, 4) is 0 Å². The summed E-state index contributed by atoms with van der Waals surface area (Å²) < 4.78 is 0. The summed E-state index contributed by atoms with van der Waals surface area (Å²) >= 11 is 0. The van der Waals surface area contributed by atoms with E-state index in [1.165, 1.54) is 0 Å². The maximum absolute atomic E-state index is 4.51. The fourth-order valence-electron chi connectivity index (χ4n) is 2.94. The van der Waals surface area contributed by atoms with Crippen LogP contribution in [-0.2, 0) is 0 Å². The van der Waals surface area contributed by atoms with Crippen LogP contribution in [0.5, 0.6) is 0 Å². The minimum atomic E-state index is 0.490. The van der Waals surface area contributed by atoms with Crippen LogP contribution in [0.2, 0.25) is 0 Å². The smallest absolute Gasteiger partial charge is 0.136 e. The van der Waals surface area contributed by atoms with Crippen molar-refractivity contribution in [3.63, 3.8) is 0 Å². The molecule has 1 saturated heterocycles. The minimum absolute atomic E-state index is 0.490. The second kappa shape index (κ2) is 7.59. The first-order chi connectivity index (χ1) is 11.6. The number of hydrogen-bond donors (Lipinski definition) is 2. The van der Waals surface area contributed by atoms with Gasteiger partial charge in [0, 0.05) is 44.0 Å². The Hall–Kier alpha value is -2.18. The van der Waals surface area contributed by atoms with Gasteiger partial charge in [-0.25, -0.2) is 9.97 Å². The van der Waals surface area contributed by atoms with Crippen LogP contribution < -0.4 is 10.6 Å². The van der Waals surface area contributed by atoms with Crippen LogP contribution in [0, 0.1) is 6.92 Å².